The van der Waals surface area contributed by atoms with Crippen LogP contribution in [0.5, 0.6) is 0 Å². The predicted molar refractivity (Wildman–Crippen MR) is 117 cm³/mol. The van der Waals surface area contributed by atoms with Gasteiger partial charge in [0.2, 0.25) is 0 Å². The molecule has 7 nitrogen and oxygen atoms in total. The van der Waals surface area contributed by atoms with Crippen LogP contribution in [0.2, 0.25) is 0 Å². The fourth-order valence-corrected chi connectivity index (χ4v) is 4.56. The van der Waals surface area contributed by atoms with E-state index in [0.717, 1.165) is 31.2 Å². The number of imidazole rings is 1. The first-order valence-corrected chi connectivity index (χ1v) is 10.5. The molecule has 8 heteroatoms. The first kappa shape index (κ1) is 19.9. The molecular weight excluding hydrogens is 409 g/mol. The van der Waals surface area contributed by atoms with Crippen molar-refractivity contribution in [1.82, 2.24) is 18.7 Å². The van der Waals surface area contributed by atoms with Crippen LogP contribution in [0.15, 0.2) is 64.4 Å². The number of rotatable bonds is 4. The van der Waals surface area contributed by atoms with Gasteiger partial charge in [-0.2, -0.15) is 5.26 Å². The molecule has 1 aliphatic carbocycles. The fraction of sp³-hybridized carbons (Fsp3) is 0.250. The summed E-state index contributed by atoms with van der Waals surface area (Å²) in [5, 5.41) is 9.44. The Morgan fingerprint density at radius 3 is 2.62 bits per heavy atom. The topological polar surface area (TPSA) is 85.6 Å². The van der Waals surface area contributed by atoms with E-state index in [1.54, 1.807) is 22.8 Å². The van der Waals surface area contributed by atoms with Crippen LogP contribution < -0.4 is 11.2 Å². The molecule has 0 unspecified atom stereocenters. The lowest BCUT2D eigenvalue weighted by Gasteiger charge is -2.17. The smallest absolute Gasteiger partial charge is 0.320 e. The highest BCUT2D eigenvalue weighted by Gasteiger charge is 2.26. The van der Waals surface area contributed by atoms with Crippen molar-refractivity contribution in [3.63, 3.8) is 0 Å². The molecule has 2 aromatic carbocycles. The lowest BCUT2D eigenvalue weighted by molar-refractivity contribution is 0.474. The van der Waals surface area contributed by atoms with E-state index in [4.69, 9.17) is 0 Å². The third-order valence-corrected chi connectivity index (χ3v) is 6.08. The molecule has 0 saturated heterocycles. The zero-order chi connectivity index (χ0) is 22.2. The van der Waals surface area contributed by atoms with Crippen LogP contribution in [0.3, 0.4) is 0 Å². The average Bonchev–Trinajstić information content (AvgIpc) is 3.45. The number of nitrogens with zero attached hydrogens (tertiary/aromatic N) is 5. The van der Waals surface area contributed by atoms with Gasteiger partial charge in [0, 0.05) is 6.04 Å². The Balaban J connectivity index is 1.80. The summed E-state index contributed by atoms with van der Waals surface area (Å²) in [6.07, 6.45) is 4.88. The van der Waals surface area contributed by atoms with E-state index >= 15 is 0 Å². The Kier molecular flexibility index (Phi) is 4.94. The summed E-state index contributed by atoms with van der Waals surface area (Å²) >= 11 is 0. The van der Waals surface area contributed by atoms with Crippen molar-refractivity contribution in [3.8, 4) is 11.8 Å². The van der Waals surface area contributed by atoms with Crippen molar-refractivity contribution in [2.45, 2.75) is 38.3 Å². The second-order valence-corrected chi connectivity index (χ2v) is 8.02. The Bertz CT molecular complexity index is 1490. The highest BCUT2D eigenvalue weighted by atomic mass is 19.1. The van der Waals surface area contributed by atoms with Gasteiger partial charge >= 0.3 is 5.69 Å². The Morgan fingerprint density at radius 2 is 1.88 bits per heavy atom. The van der Waals surface area contributed by atoms with E-state index in [1.165, 1.54) is 33.7 Å². The molecule has 0 amide bonds. The minimum absolute atomic E-state index is 0.175. The van der Waals surface area contributed by atoms with E-state index in [9.17, 15) is 19.2 Å². The van der Waals surface area contributed by atoms with Crippen LogP contribution in [0, 0.1) is 17.1 Å². The second kappa shape index (κ2) is 7.93. The summed E-state index contributed by atoms with van der Waals surface area (Å²) < 4.78 is 18.3. The molecule has 1 saturated carbocycles. The molecule has 0 aliphatic heterocycles. The predicted octanol–water partition coefficient (Wildman–Crippen LogP) is 3.52. The van der Waals surface area contributed by atoms with Crippen molar-refractivity contribution in [1.29, 1.82) is 5.26 Å². The van der Waals surface area contributed by atoms with Gasteiger partial charge in [0.05, 0.1) is 30.2 Å². The maximum atomic E-state index is 14.0. The van der Waals surface area contributed by atoms with E-state index in [2.05, 4.69) is 11.1 Å². The van der Waals surface area contributed by atoms with E-state index in [0.29, 0.717) is 11.3 Å². The molecule has 4 aromatic rings. The maximum Gasteiger partial charge on any atom is 0.337 e. The minimum Gasteiger partial charge on any atom is -0.320 e. The quantitative estimate of drug-likeness (QED) is 0.497. The molecule has 32 heavy (non-hydrogen) atoms. The number of halogens is 1. The van der Waals surface area contributed by atoms with Gasteiger partial charge in [-0.15, -0.1) is 0 Å². The zero-order valence-corrected chi connectivity index (χ0v) is 17.2. The minimum atomic E-state index is -0.511. The number of hydrogen-bond acceptors (Lipinski definition) is 4. The molecule has 0 spiro atoms. The lowest BCUT2D eigenvalue weighted by atomic mass is 10.1. The van der Waals surface area contributed by atoms with Crippen molar-refractivity contribution < 1.29 is 4.39 Å². The lowest BCUT2D eigenvalue weighted by Crippen LogP contribution is -2.41. The summed E-state index contributed by atoms with van der Waals surface area (Å²) in [6.45, 7) is 0.251. The first-order chi connectivity index (χ1) is 15.6. The van der Waals surface area contributed by atoms with Gasteiger partial charge in [0.25, 0.3) is 5.56 Å². The molecule has 2 heterocycles. The highest BCUT2D eigenvalue weighted by molar-refractivity contribution is 5.72. The van der Waals surface area contributed by atoms with Crippen LogP contribution in [0.25, 0.3) is 16.9 Å². The molecule has 1 aliphatic rings. The summed E-state index contributed by atoms with van der Waals surface area (Å²) in [5.41, 5.74) is 1.07. The SMILES string of the molecule is N#Cc1ccccc1Cn1cnc2c1c(=O)n(C1CCCC1)c(=O)n2-c1cccc(F)c1. The van der Waals surface area contributed by atoms with Gasteiger partial charge in [-0.05, 0) is 42.7 Å². The molecule has 0 atom stereocenters. The highest BCUT2D eigenvalue weighted by Crippen LogP contribution is 2.28. The molecule has 2 aromatic heterocycles. The molecule has 5 rings (SSSR count). The number of nitriles is 1. The molecular formula is C24H20FN5O2. The standard InChI is InChI=1S/C24H20FN5O2/c25-18-8-5-11-20(12-18)29-22-21(23(31)30(24(29)32)19-9-3-4-10-19)28(15-27-22)14-17-7-2-1-6-16(17)13-26/h1-2,5-8,11-12,15,19H,3-4,9-10,14H2. The number of benzene rings is 2. The van der Waals surface area contributed by atoms with Crippen LogP contribution in [-0.4, -0.2) is 18.7 Å². The summed E-state index contributed by atoms with van der Waals surface area (Å²) in [5.74, 6) is -0.483. The fourth-order valence-electron chi connectivity index (χ4n) is 4.56. The van der Waals surface area contributed by atoms with Gasteiger partial charge in [0.15, 0.2) is 11.2 Å². The Morgan fingerprint density at radius 1 is 1.09 bits per heavy atom. The van der Waals surface area contributed by atoms with E-state index in [1.807, 2.05) is 12.1 Å². The summed E-state index contributed by atoms with van der Waals surface area (Å²) in [6, 6.07) is 14.8. The number of hydrogen-bond donors (Lipinski definition) is 0. The van der Waals surface area contributed by atoms with Crippen LogP contribution in [0.1, 0.15) is 42.9 Å². The van der Waals surface area contributed by atoms with Gasteiger partial charge in [-0.25, -0.2) is 18.7 Å². The largest absolute Gasteiger partial charge is 0.337 e. The van der Waals surface area contributed by atoms with Crippen molar-refractivity contribution in [2.75, 3.05) is 0 Å². The number of fused-ring (bicyclic) bond motifs is 1. The molecule has 1 fully saturated rings. The first-order valence-electron chi connectivity index (χ1n) is 10.5. The molecule has 160 valence electrons. The summed E-state index contributed by atoms with van der Waals surface area (Å²) in [4.78, 5) is 31.4. The maximum absolute atomic E-state index is 14.0. The Labute approximate surface area is 182 Å². The zero-order valence-electron chi connectivity index (χ0n) is 17.2. The Hall–Kier alpha value is -3.99. The van der Waals surface area contributed by atoms with Gasteiger partial charge in [0.1, 0.15) is 5.82 Å². The molecule has 0 radical (unpaired) electrons. The third kappa shape index (κ3) is 3.23. The van der Waals surface area contributed by atoms with Gasteiger partial charge in [-0.1, -0.05) is 37.1 Å². The summed E-state index contributed by atoms with van der Waals surface area (Å²) in [7, 11) is 0. The molecule has 0 N–H and O–H groups in total. The van der Waals surface area contributed by atoms with Gasteiger partial charge in [-0.3, -0.25) is 9.36 Å². The van der Waals surface area contributed by atoms with Gasteiger partial charge < -0.3 is 4.57 Å². The third-order valence-electron chi connectivity index (χ3n) is 6.08. The molecule has 0 bridgehead atoms. The van der Waals surface area contributed by atoms with Crippen molar-refractivity contribution in [2.24, 2.45) is 0 Å². The average molecular weight is 429 g/mol. The monoisotopic (exact) mass is 429 g/mol. The number of aromatic nitrogens is 4. The van der Waals surface area contributed by atoms with Crippen LogP contribution in [0.4, 0.5) is 4.39 Å². The normalized spacial score (nSPS) is 14.1. The second-order valence-electron chi connectivity index (χ2n) is 8.02. The van der Waals surface area contributed by atoms with Crippen LogP contribution >= 0.6 is 0 Å². The van der Waals surface area contributed by atoms with E-state index < -0.39 is 17.1 Å². The van der Waals surface area contributed by atoms with Crippen molar-refractivity contribution in [3.05, 3.63) is 92.6 Å². The van der Waals surface area contributed by atoms with E-state index in [-0.39, 0.29) is 23.8 Å². The van der Waals surface area contributed by atoms with Crippen LogP contribution in [-0.2, 0) is 6.54 Å². The van der Waals surface area contributed by atoms with Crippen molar-refractivity contribution >= 4 is 11.2 Å².